The number of rotatable bonds is 3. The highest BCUT2D eigenvalue weighted by atomic mass is 35.5. The lowest BCUT2D eigenvalue weighted by Gasteiger charge is -2.13. The van der Waals surface area contributed by atoms with E-state index in [2.05, 4.69) is 24.9 Å². The molecule has 0 atom stereocenters. The molecule has 0 saturated heterocycles. The second-order valence-electron chi connectivity index (χ2n) is 4.58. The van der Waals surface area contributed by atoms with Crippen LogP contribution in [0.15, 0.2) is 24.5 Å². The number of halogens is 1. The van der Waals surface area contributed by atoms with E-state index in [1.165, 1.54) is 5.56 Å². The lowest BCUT2D eigenvalue weighted by molar-refractivity contribution is 0.412. The van der Waals surface area contributed by atoms with Crippen LogP contribution in [0.25, 0.3) is 5.69 Å². The Labute approximate surface area is 112 Å². The first-order valence-corrected chi connectivity index (χ1v) is 6.30. The van der Waals surface area contributed by atoms with Crippen LogP contribution in [0.3, 0.4) is 0 Å². The first-order valence-electron chi connectivity index (χ1n) is 5.92. The molecule has 18 heavy (non-hydrogen) atoms. The van der Waals surface area contributed by atoms with E-state index in [-0.39, 0.29) is 0 Å². The summed E-state index contributed by atoms with van der Waals surface area (Å²) in [6.45, 7) is 6.19. The summed E-state index contributed by atoms with van der Waals surface area (Å²) in [7, 11) is 1.67. The molecule has 96 valence electrons. The van der Waals surface area contributed by atoms with E-state index in [1.54, 1.807) is 13.4 Å². The molecule has 1 aromatic carbocycles. The fraction of sp³-hybridized carbons (Fsp3) is 0.357. The highest BCUT2D eigenvalue weighted by Crippen LogP contribution is 2.30. The lowest BCUT2D eigenvalue weighted by Crippen LogP contribution is -1.99. The minimum Gasteiger partial charge on any atom is -0.495 e. The van der Waals surface area contributed by atoms with Crippen molar-refractivity contribution >= 4 is 11.6 Å². The second kappa shape index (κ2) is 5.02. The van der Waals surface area contributed by atoms with Gasteiger partial charge in [0, 0.05) is 0 Å². The molecule has 0 bridgehead atoms. The van der Waals surface area contributed by atoms with E-state index in [0.717, 1.165) is 17.1 Å². The first kappa shape index (κ1) is 13.0. The topological polar surface area (TPSA) is 27.1 Å². The maximum absolute atomic E-state index is 6.22. The molecule has 0 radical (unpaired) electrons. The Hall–Kier alpha value is -1.48. The number of hydrogen-bond acceptors (Lipinski definition) is 2. The molecule has 0 spiro atoms. The van der Waals surface area contributed by atoms with E-state index in [0.29, 0.717) is 11.1 Å². The maximum Gasteiger partial charge on any atom is 0.143 e. The molecule has 2 aromatic rings. The summed E-state index contributed by atoms with van der Waals surface area (Å²) in [6, 6.07) is 6.15. The molecular formula is C14H17ClN2O. The molecule has 1 heterocycles. The molecule has 0 unspecified atom stereocenters. The predicted octanol–water partition coefficient (Wildman–Crippen LogP) is 3.97. The van der Waals surface area contributed by atoms with E-state index in [1.807, 2.05) is 23.6 Å². The van der Waals surface area contributed by atoms with Gasteiger partial charge in [0.05, 0.1) is 18.5 Å². The standard InChI is InChI=1S/C14H17ClN2O/c1-9(2)11-5-6-12(13(7-11)18-4)17-8-16-10(3)14(17)15/h5-9H,1-4H3. The summed E-state index contributed by atoms with van der Waals surface area (Å²) < 4.78 is 7.28. The third kappa shape index (κ3) is 2.23. The minimum atomic E-state index is 0.466. The van der Waals surface area contributed by atoms with Gasteiger partial charge in [0.25, 0.3) is 0 Å². The highest BCUT2D eigenvalue weighted by molar-refractivity contribution is 6.30. The van der Waals surface area contributed by atoms with Crippen LogP contribution in [0.2, 0.25) is 5.15 Å². The Morgan fingerprint density at radius 3 is 2.56 bits per heavy atom. The first-order chi connectivity index (χ1) is 8.54. The molecule has 0 saturated carbocycles. The van der Waals surface area contributed by atoms with Crippen molar-refractivity contribution in [1.82, 2.24) is 9.55 Å². The number of aromatic nitrogens is 2. The average molecular weight is 265 g/mol. The van der Waals surface area contributed by atoms with Gasteiger partial charge in [-0.05, 0) is 30.5 Å². The van der Waals surface area contributed by atoms with Gasteiger partial charge in [-0.3, -0.25) is 4.57 Å². The van der Waals surface area contributed by atoms with Crippen LogP contribution in [0.1, 0.15) is 31.0 Å². The number of imidazole rings is 1. The molecule has 0 aliphatic carbocycles. The number of nitrogens with zero attached hydrogens (tertiary/aromatic N) is 2. The zero-order chi connectivity index (χ0) is 13.3. The Morgan fingerprint density at radius 1 is 1.33 bits per heavy atom. The van der Waals surface area contributed by atoms with Crippen molar-refractivity contribution in [2.75, 3.05) is 7.11 Å². The van der Waals surface area contributed by atoms with Gasteiger partial charge >= 0.3 is 0 Å². The second-order valence-corrected chi connectivity index (χ2v) is 4.93. The van der Waals surface area contributed by atoms with Crippen molar-refractivity contribution in [2.45, 2.75) is 26.7 Å². The molecule has 4 heteroatoms. The Balaban J connectivity index is 2.54. The fourth-order valence-electron chi connectivity index (χ4n) is 1.84. The molecule has 0 fully saturated rings. The van der Waals surface area contributed by atoms with Gasteiger partial charge in [-0.1, -0.05) is 31.5 Å². The zero-order valence-electron chi connectivity index (χ0n) is 11.1. The molecule has 3 nitrogen and oxygen atoms in total. The van der Waals surface area contributed by atoms with Gasteiger partial charge in [-0.15, -0.1) is 0 Å². The van der Waals surface area contributed by atoms with Gasteiger partial charge in [0.1, 0.15) is 17.2 Å². The highest BCUT2D eigenvalue weighted by Gasteiger charge is 2.12. The van der Waals surface area contributed by atoms with Crippen molar-refractivity contribution in [3.05, 3.63) is 40.9 Å². The molecule has 0 aliphatic heterocycles. The van der Waals surface area contributed by atoms with Crippen molar-refractivity contribution in [1.29, 1.82) is 0 Å². The molecule has 0 N–H and O–H groups in total. The van der Waals surface area contributed by atoms with Crippen molar-refractivity contribution in [3.63, 3.8) is 0 Å². The van der Waals surface area contributed by atoms with Gasteiger partial charge in [0.15, 0.2) is 0 Å². The van der Waals surface area contributed by atoms with E-state index >= 15 is 0 Å². The van der Waals surface area contributed by atoms with Gasteiger partial charge in [-0.25, -0.2) is 4.98 Å². The van der Waals surface area contributed by atoms with Crippen LogP contribution in [-0.4, -0.2) is 16.7 Å². The Kier molecular flexibility index (Phi) is 3.62. The molecular weight excluding hydrogens is 248 g/mol. The number of ether oxygens (including phenoxy) is 1. The largest absolute Gasteiger partial charge is 0.495 e. The monoisotopic (exact) mass is 264 g/mol. The molecule has 0 aliphatic rings. The van der Waals surface area contributed by atoms with Gasteiger partial charge in [-0.2, -0.15) is 0 Å². The normalized spacial score (nSPS) is 11.0. The Morgan fingerprint density at radius 2 is 2.06 bits per heavy atom. The van der Waals surface area contributed by atoms with Crippen LogP contribution >= 0.6 is 11.6 Å². The summed E-state index contributed by atoms with van der Waals surface area (Å²) in [6.07, 6.45) is 1.71. The van der Waals surface area contributed by atoms with E-state index in [4.69, 9.17) is 16.3 Å². The fourth-order valence-corrected chi connectivity index (χ4v) is 2.03. The van der Waals surface area contributed by atoms with Crippen molar-refractivity contribution in [2.24, 2.45) is 0 Å². The van der Waals surface area contributed by atoms with E-state index < -0.39 is 0 Å². The summed E-state index contributed by atoms with van der Waals surface area (Å²) in [5.41, 5.74) is 2.96. The van der Waals surface area contributed by atoms with Gasteiger partial charge in [0.2, 0.25) is 0 Å². The average Bonchev–Trinajstić information content (AvgIpc) is 2.69. The number of hydrogen-bond donors (Lipinski definition) is 0. The summed E-state index contributed by atoms with van der Waals surface area (Å²) in [5.74, 6) is 1.27. The summed E-state index contributed by atoms with van der Waals surface area (Å²) in [4.78, 5) is 4.20. The van der Waals surface area contributed by atoms with Crippen LogP contribution in [0.4, 0.5) is 0 Å². The van der Waals surface area contributed by atoms with Crippen molar-refractivity contribution < 1.29 is 4.74 Å². The SMILES string of the molecule is COc1cc(C(C)C)ccc1-n1cnc(C)c1Cl. The van der Waals surface area contributed by atoms with Crippen molar-refractivity contribution in [3.8, 4) is 11.4 Å². The third-order valence-electron chi connectivity index (χ3n) is 3.01. The summed E-state index contributed by atoms with van der Waals surface area (Å²) >= 11 is 6.22. The number of aryl methyl sites for hydroxylation is 1. The third-order valence-corrected chi connectivity index (χ3v) is 3.46. The zero-order valence-corrected chi connectivity index (χ0v) is 11.8. The smallest absolute Gasteiger partial charge is 0.143 e. The Bertz CT molecular complexity index is 561. The van der Waals surface area contributed by atoms with Crippen LogP contribution in [-0.2, 0) is 0 Å². The molecule has 1 aromatic heterocycles. The minimum absolute atomic E-state index is 0.466. The van der Waals surface area contributed by atoms with E-state index in [9.17, 15) is 0 Å². The predicted molar refractivity (Wildman–Crippen MR) is 74.0 cm³/mol. The van der Waals surface area contributed by atoms with Crippen LogP contribution in [0, 0.1) is 6.92 Å². The molecule has 2 rings (SSSR count). The molecule has 0 amide bonds. The van der Waals surface area contributed by atoms with Gasteiger partial charge < -0.3 is 4.74 Å². The van der Waals surface area contributed by atoms with Crippen LogP contribution < -0.4 is 4.74 Å². The lowest BCUT2D eigenvalue weighted by atomic mass is 10.0. The van der Waals surface area contributed by atoms with Crippen LogP contribution in [0.5, 0.6) is 5.75 Å². The maximum atomic E-state index is 6.22. The summed E-state index contributed by atoms with van der Waals surface area (Å²) in [5, 5.41) is 0.616. The quantitative estimate of drug-likeness (QED) is 0.839. The number of methoxy groups -OCH3 is 1. The number of benzene rings is 1.